The van der Waals surface area contributed by atoms with Crippen molar-refractivity contribution >= 4 is 17.4 Å². The molecule has 0 saturated carbocycles. The van der Waals surface area contributed by atoms with Gasteiger partial charge in [0.25, 0.3) is 0 Å². The molecule has 0 spiro atoms. The van der Waals surface area contributed by atoms with Crippen molar-refractivity contribution < 1.29 is 23.1 Å². The molecule has 0 radical (unpaired) electrons. The Labute approximate surface area is 132 Å². The summed E-state index contributed by atoms with van der Waals surface area (Å²) in [6.07, 6.45) is 0.101. The number of carbonyl (C=O) groups excluding carboxylic acids is 2. The Hall–Kier alpha value is -2.76. The van der Waals surface area contributed by atoms with E-state index in [1.807, 2.05) is 0 Å². The first-order valence-corrected chi connectivity index (χ1v) is 6.88. The van der Waals surface area contributed by atoms with Crippen LogP contribution < -0.4 is 10.1 Å². The van der Waals surface area contributed by atoms with Gasteiger partial charge in [0.1, 0.15) is 5.75 Å². The summed E-state index contributed by atoms with van der Waals surface area (Å²) in [6, 6.07) is 12.4. The average molecular weight is 319 g/mol. The fraction of sp³-hybridized carbons (Fsp3) is 0.176. The van der Waals surface area contributed by atoms with Gasteiger partial charge in [-0.1, -0.05) is 12.1 Å². The Balaban J connectivity index is 1.92. The quantitative estimate of drug-likeness (QED) is 0.827. The molecule has 2 aromatic carbocycles. The van der Waals surface area contributed by atoms with Crippen LogP contribution in [0.15, 0.2) is 48.5 Å². The van der Waals surface area contributed by atoms with Crippen LogP contribution in [0.25, 0.3) is 0 Å². The van der Waals surface area contributed by atoms with Crippen molar-refractivity contribution in [3.05, 3.63) is 59.7 Å². The highest BCUT2D eigenvalue weighted by Gasteiger charge is 2.07. The van der Waals surface area contributed by atoms with E-state index in [9.17, 15) is 18.4 Å². The molecule has 0 saturated heterocycles. The van der Waals surface area contributed by atoms with Gasteiger partial charge in [-0.05, 0) is 48.9 Å². The molecule has 1 N–H and O–H groups in total. The van der Waals surface area contributed by atoms with E-state index in [0.29, 0.717) is 16.8 Å². The smallest absolute Gasteiger partial charge is 0.387 e. The molecule has 1 amide bonds. The van der Waals surface area contributed by atoms with Crippen LogP contribution in [0.4, 0.5) is 14.5 Å². The monoisotopic (exact) mass is 319 g/mol. The molecule has 2 aromatic rings. The van der Waals surface area contributed by atoms with Crippen molar-refractivity contribution in [2.24, 2.45) is 0 Å². The Morgan fingerprint density at radius 2 is 1.65 bits per heavy atom. The number of rotatable bonds is 6. The Bertz CT molecular complexity index is 682. The van der Waals surface area contributed by atoms with Gasteiger partial charge in [-0.15, -0.1) is 0 Å². The summed E-state index contributed by atoms with van der Waals surface area (Å²) in [7, 11) is 0. The second-order valence-corrected chi connectivity index (χ2v) is 4.88. The van der Waals surface area contributed by atoms with Crippen LogP contribution in [-0.4, -0.2) is 18.3 Å². The lowest BCUT2D eigenvalue weighted by molar-refractivity contribution is -0.115. The Kier molecular flexibility index (Phi) is 5.41. The van der Waals surface area contributed by atoms with Gasteiger partial charge in [0, 0.05) is 11.3 Å². The molecule has 2 rings (SSSR count). The molecule has 0 fully saturated rings. The molecule has 0 bridgehead atoms. The summed E-state index contributed by atoms with van der Waals surface area (Å²) in [4.78, 5) is 23.1. The van der Waals surface area contributed by atoms with Crippen molar-refractivity contribution in [3.63, 3.8) is 0 Å². The Morgan fingerprint density at radius 3 is 2.17 bits per heavy atom. The molecule has 0 unspecified atom stereocenters. The molecule has 0 aliphatic rings. The van der Waals surface area contributed by atoms with Crippen LogP contribution in [0.3, 0.4) is 0 Å². The normalized spacial score (nSPS) is 10.4. The van der Waals surface area contributed by atoms with Crippen molar-refractivity contribution in [2.75, 3.05) is 5.32 Å². The van der Waals surface area contributed by atoms with Crippen LogP contribution in [0, 0.1) is 0 Å². The van der Waals surface area contributed by atoms with Gasteiger partial charge in [0.2, 0.25) is 5.91 Å². The van der Waals surface area contributed by atoms with E-state index in [-0.39, 0.29) is 23.9 Å². The number of benzene rings is 2. The second kappa shape index (κ2) is 7.49. The molecule has 6 heteroatoms. The molecular weight excluding hydrogens is 304 g/mol. The van der Waals surface area contributed by atoms with Gasteiger partial charge < -0.3 is 10.1 Å². The molecule has 0 heterocycles. The maximum atomic E-state index is 12.0. The fourth-order valence-corrected chi connectivity index (χ4v) is 1.97. The molecule has 0 aliphatic carbocycles. The molecule has 0 atom stereocenters. The first-order chi connectivity index (χ1) is 10.9. The maximum Gasteiger partial charge on any atom is 0.387 e. The average Bonchev–Trinajstić information content (AvgIpc) is 2.49. The topological polar surface area (TPSA) is 55.4 Å². The van der Waals surface area contributed by atoms with Crippen molar-refractivity contribution in [1.29, 1.82) is 0 Å². The number of halogens is 2. The summed E-state index contributed by atoms with van der Waals surface area (Å²) < 4.78 is 28.3. The van der Waals surface area contributed by atoms with Crippen LogP contribution >= 0.6 is 0 Å². The van der Waals surface area contributed by atoms with Crippen LogP contribution in [0.1, 0.15) is 22.8 Å². The highest BCUT2D eigenvalue weighted by molar-refractivity contribution is 5.96. The summed E-state index contributed by atoms with van der Waals surface area (Å²) in [6.45, 7) is -1.41. The molecule has 120 valence electrons. The van der Waals surface area contributed by atoms with E-state index in [4.69, 9.17) is 0 Å². The zero-order valence-electron chi connectivity index (χ0n) is 12.4. The summed E-state index contributed by atoms with van der Waals surface area (Å²) in [5, 5.41) is 2.70. The lowest BCUT2D eigenvalue weighted by atomic mass is 10.1. The van der Waals surface area contributed by atoms with E-state index in [1.165, 1.54) is 19.1 Å². The number of Topliss-reactive ketones (excluding diaryl/α,β-unsaturated/α-hetero) is 1. The zero-order valence-corrected chi connectivity index (χ0v) is 12.4. The minimum absolute atomic E-state index is 0.0454. The minimum atomic E-state index is -2.87. The minimum Gasteiger partial charge on any atom is -0.435 e. The van der Waals surface area contributed by atoms with Crippen LogP contribution in [-0.2, 0) is 11.2 Å². The number of carbonyl (C=O) groups is 2. The predicted molar refractivity (Wildman–Crippen MR) is 81.9 cm³/mol. The Morgan fingerprint density at radius 1 is 1.04 bits per heavy atom. The van der Waals surface area contributed by atoms with E-state index < -0.39 is 6.61 Å². The van der Waals surface area contributed by atoms with Crippen LogP contribution in [0.5, 0.6) is 5.75 Å². The number of nitrogens with one attached hydrogen (secondary N) is 1. The number of ketones is 1. The molecule has 23 heavy (non-hydrogen) atoms. The number of alkyl halides is 2. The number of amides is 1. The summed E-state index contributed by atoms with van der Waals surface area (Å²) >= 11 is 0. The van der Waals surface area contributed by atoms with E-state index >= 15 is 0 Å². The zero-order chi connectivity index (χ0) is 16.8. The second-order valence-electron chi connectivity index (χ2n) is 4.88. The van der Waals surface area contributed by atoms with Crippen molar-refractivity contribution in [2.45, 2.75) is 20.0 Å². The number of hydrogen-bond acceptors (Lipinski definition) is 3. The highest BCUT2D eigenvalue weighted by Crippen LogP contribution is 2.16. The molecule has 0 aromatic heterocycles. The largest absolute Gasteiger partial charge is 0.435 e. The van der Waals surface area contributed by atoms with Gasteiger partial charge in [0.15, 0.2) is 5.78 Å². The van der Waals surface area contributed by atoms with E-state index in [2.05, 4.69) is 10.1 Å². The molecule has 0 aliphatic heterocycles. The highest BCUT2D eigenvalue weighted by atomic mass is 19.3. The number of ether oxygens (including phenoxy) is 1. The van der Waals surface area contributed by atoms with Gasteiger partial charge in [-0.3, -0.25) is 9.59 Å². The lowest BCUT2D eigenvalue weighted by Crippen LogP contribution is -2.14. The third-order valence-electron chi connectivity index (χ3n) is 3.09. The van der Waals surface area contributed by atoms with Crippen LogP contribution in [0.2, 0.25) is 0 Å². The third-order valence-corrected chi connectivity index (χ3v) is 3.09. The summed E-state index contributed by atoms with van der Waals surface area (Å²) in [5.41, 5.74) is 1.82. The van der Waals surface area contributed by atoms with Gasteiger partial charge in [-0.2, -0.15) is 8.78 Å². The number of hydrogen-bond donors (Lipinski definition) is 1. The van der Waals surface area contributed by atoms with Gasteiger partial charge in [-0.25, -0.2) is 0 Å². The molecular formula is C17H15F2NO3. The van der Waals surface area contributed by atoms with E-state index in [1.54, 1.807) is 36.4 Å². The predicted octanol–water partition coefficient (Wildman–Crippen LogP) is 3.67. The van der Waals surface area contributed by atoms with Gasteiger partial charge in [0.05, 0.1) is 6.42 Å². The standard InChI is InChI=1S/C17H15F2NO3/c1-11(21)13-4-6-14(7-5-13)20-16(22)10-12-2-8-15(9-3-12)23-17(18)19/h2-9,17H,10H2,1H3,(H,20,22). The fourth-order valence-electron chi connectivity index (χ4n) is 1.97. The maximum absolute atomic E-state index is 12.0. The van der Waals surface area contributed by atoms with Crippen molar-refractivity contribution in [1.82, 2.24) is 0 Å². The first-order valence-electron chi connectivity index (χ1n) is 6.88. The lowest BCUT2D eigenvalue weighted by Gasteiger charge is -2.07. The number of anilines is 1. The first kappa shape index (κ1) is 16.6. The SMILES string of the molecule is CC(=O)c1ccc(NC(=O)Cc2ccc(OC(F)F)cc2)cc1. The third kappa shape index (κ3) is 5.18. The van der Waals surface area contributed by atoms with Gasteiger partial charge >= 0.3 is 6.61 Å². The summed E-state index contributed by atoms with van der Waals surface area (Å²) in [5.74, 6) is -0.249. The molecule has 4 nitrogen and oxygen atoms in total. The van der Waals surface area contributed by atoms with E-state index in [0.717, 1.165) is 0 Å². The van der Waals surface area contributed by atoms with Crippen molar-refractivity contribution in [3.8, 4) is 5.75 Å².